The Kier molecular flexibility index (Phi) is 3.85. The summed E-state index contributed by atoms with van der Waals surface area (Å²) in [6.45, 7) is 13.7. The van der Waals surface area contributed by atoms with Crippen molar-refractivity contribution in [1.29, 1.82) is 0 Å². The Morgan fingerprint density at radius 3 is 1.57 bits per heavy atom. The molecule has 0 aliphatic carbocycles. The summed E-state index contributed by atoms with van der Waals surface area (Å²) in [4.78, 5) is 4.85. The van der Waals surface area contributed by atoms with Crippen LogP contribution in [0.15, 0.2) is 12.4 Å². The minimum Gasteiger partial charge on any atom is -0.356 e. The van der Waals surface area contributed by atoms with E-state index < -0.39 is 0 Å². The molecule has 0 N–H and O–H groups in total. The van der Waals surface area contributed by atoms with E-state index in [2.05, 4.69) is 56.8 Å². The lowest BCUT2D eigenvalue weighted by atomic mass is 10.2. The van der Waals surface area contributed by atoms with Crippen molar-refractivity contribution < 1.29 is 0 Å². The van der Waals surface area contributed by atoms with Gasteiger partial charge in [0, 0.05) is 25.5 Å². The maximum Gasteiger partial charge on any atom is 0.0977 e. The Morgan fingerprint density at radius 2 is 1.29 bits per heavy atom. The van der Waals surface area contributed by atoms with E-state index in [0.29, 0.717) is 6.17 Å². The van der Waals surface area contributed by atoms with Gasteiger partial charge in [-0.25, -0.2) is 0 Å². The van der Waals surface area contributed by atoms with Crippen LogP contribution in [0.4, 0.5) is 0 Å². The normalized spacial score (nSPS) is 17.9. The summed E-state index contributed by atoms with van der Waals surface area (Å²) in [5, 5.41) is 0. The highest BCUT2D eigenvalue weighted by molar-refractivity contribution is 4.95. The van der Waals surface area contributed by atoms with Gasteiger partial charge in [0.05, 0.1) is 6.17 Å². The molecule has 0 spiro atoms. The number of hydrogen-bond donors (Lipinski definition) is 0. The van der Waals surface area contributed by atoms with Crippen molar-refractivity contribution in [3.8, 4) is 0 Å². The fraction of sp³-hybridized carbons (Fsp3) is 0.833. The van der Waals surface area contributed by atoms with Crippen molar-refractivity contribution in [2.45, 2.75) is 40.8 Å². The Morgan fingerprint density at radius 1 is 0.929 bits per heavy atom. The minimum atomic E-state index is 0.541. The van der Waals surface area contributed by atoms with Gasteiger partial charge < -0.3 is 9.80 Å². The lowest BCUT2D eigenvalue weighted by molar-refractivity contribution is 0.147. The van der Waals surface area contributed by atoms with E-state index in [9.17, 15) is 0 Å². The molecule has 2 nitrogen and oxygen atoms in total. The molecule has 0 aromatic heterocycles. The molecule has 0 fully saturated rings. The quantitative estimate of drug-likeness (QED) is 0.682. The molecule has 0 amide bonds. The third-order valence-electron chi connectivity index (χ3n) is 2.56. The highest BCUT2D eigenvalue weighted by atomic mass is 15.4. The summed E-state index contributed by atoms with van der Waals surface area (Å²) in [6.07, 6.45) is 5.00. The Hall–Kier alpha value is -0.660. The number of hydrogen-bond acceptors (Lipinski definition) is 2. The van der Waals surface area contributed by atoms with Crippen LogP contribution < -0.4 is 0 Å². The first-order valence-corrected chi connectivity index (χ1v) is 5.70. The van der Waals surface area contributed by atoms with Gasteiger partial charge in [-0.3, -0.25) is 0 Å². The number of rotatable bonds is 4. The standard InChI is InChI=1S/C12H24N2/c1-10(2)8-13-6-7-14(12(13)5)9-11(3)4/h6-7,10-12H,8-9H2,1-5H3. The van der Waals surface area contributed by atoms with Gasteiger partial charge in [-0.15, -0.1) is 0 Å². The third-order valence-corrected chi connectivity index (χ3v) is 2.56. The molecule has 0 saturated heterocycles. The van der Waals surface area contributed by atoms with Crippen LogP contribution in [0.1, 0.15) is 34.6 Å². The first-order valence-electron chi connectivity index (χ1n) is 5.70. The van der Waals surface area contributed by atoms with Gasteiger partial charge in [-0.05, 0) is 18.8 Å². The Balaban J connectivity index is 2.44. The van der Waals surface area contributed by atoms with Crippen LogP contribution in [0.2, 0.25) is 0 Å². The maximum atomic E-state index is 2.42. The van der Waals surface area contributed by atoms with Crippen LogP contribution in [0.3, 0.4) is 0 Å². The topological polar surface area (TPSA) is 6.48 Å². The first-order chi connectivity index (χ1) is 6.50. The van der Waals surface area contributed by atoms with E-state index in [1.165, 1.54) is 0 Å². The second-order valence-corrected chi connectivity index (χ2v) is 5.11. The maximum absolute atomic E-state index is 2.42. The molecule has 0 bridgehead atoms. The van der Waals surface area contributed by atoms with E-state index >= 15 is 0 Å². The van der Waals surface area contributed by atoms with Gasteiger partial charge in [0.15, 0.2) is 0 Å². The molecule has 0 saturated carbocycles. The van der Waals surface area contributed by atoms with E-state index in [1.54, 1.807) is 0 Å². The van der Waals surface area contributed by atoms with E-state index in [-0.39, 0.29) is 0 Å². The van der Waals surface area contributed by atoms with Crippen LogP contribution in [-0.4, -0.2) is 29.1 Å². The summed E-state index contributed by atoms with van der Waals surface area (Å²) in [6, 6.07) is 0. The molecule has 0 unspecified atom stereocenters. The van der Waals surface area contributed by atoms with Crippen molar-refractivity contribution in [3.05, 3.63) is 12.4 Å². The second-order valence-electron chi connectivity index (χ2n) is 5.11. The molecule has 0 radical (unpaired) electrons. The van der Waals surface area contributed by atoms with Crippen molar-refractivity contribution >= 4 is 0 Å². The Bertz CT molecular complexity index is 176. The lowest BCUT2D eigenvalue weighted by Gasteiger charge is -2.31. The summed E-state index contributed by atoms with van der Waals surface area (Å²) in [7, 11) is 0. The van der Waals surface area contributed by atoms with Crippen LogP contribution in [0, 0.1) is 11.8 Å². The monoisotopic (exact) mass is 196 g/mol. The second kappa shape index (κ2) is 4.72. The molecular formula is C12H24N2. The molecule has 14 heavy (non-hydrogen) atoms. The number of nitrogens with zero attached hydrogens (tertiary/aromatic N) is 2. The van der Waals surface area contributed by atoms with Crippen LogP contribution >= 0.6 is 0 Å². The van der Waals surface area contributed by atoms with Gasteiger partial charge in [-0.2, -0.15) is 0 Å². The molecule has 1 aliphatic rings. The molecular weight excluding hydrogens is 172 g/mol. The smallest absolute Gasteiger partial charge is 0.0977 e. The molecule has 0 aromatic carbocycles. The lowest BCUT2D eigenvalue weighted by Crippen LogP contribution is -2.39. The highest BCUT2D eigenvalue weighted by Crippen LogP contribution is 2.18. The van der Waals surface area contributed by atoms with Crippen LogP contribution in [0.5, 0.6) is 0 Å². The SMILES string of the molecule is CC(C)CN1C=CN(CC(C)C)C1C. The van der Waals surface area contributed by atoms with Crippen molar-refractivity contribution in [3.63, 3.8) is 0 Å². The molecule has 2 heteroatoms. The Labute approximate surface area is 88.6 Å². The van der Waals surface area contributed by atoms with E-state index in [4.69, 9.17) is 0 Å². The third kappa shape index (κ3) is 2.93. The zero-order chi connectivity index (χ0) is 10.7. The average molecular weight is 196 g/mol. The molecule has 1 aliphatic heterocycles. The summed E-state index contributed by atoms with van der Waals surface area (Å²) < 4.78 is 0. The van der Waals surface area contributed by atoms with Crippen LogP contribution in [0.25, 0.3) is 0 Å². The van der Waals surface area contributed by atoms with Gasteiger partial charge in [0.2, 0.25) is 0 Å². The molecule has 0 atom stereocenters. The zero-order valence-corrected chi connectivity index (χ0v) is 10.2. The van der Waals surface area contributed by atoms with Gasteiger partial charge in [-0.1, -0.05) is 27.7 Å². The zero-order valence-electron chi connectivity index (χ0n) is 10.2. The molecule has 0 aromatic rings. The summed E-state index contributed by atoms with van der Waals surface area (Å²) in [5.41, 5.74) is 0. The summed E-state index contributed by atoms with van der Waals surface area (Å²) >= 11 is 0. The minimum absolute atomic E-state index is 0.541. The van der Waals surface area contributed by atoms with E-state index in [1.807, 2.05) is 0 Å². The summed E-state index contributed by atoms with van der Waals surface area (Å²) in [5.74, 6) is 1.47. The largest absolute Gasteiger partial charge is 0.356 e. The van der Waals surface area contributed by atoms with Crippen molar-refractivity contribution in [2.75, 3.05) is 13.1 Å². The van der Waals surface area contributed by atoms with Crippen molar-refractivity contribution in [2.24, 2.45) is 11.8 Å². The average Bonchev–Trinajstić information content (AvgIpc) is 2.34. The first kappa shape index (κ1) is 11.4. The predicted octanol–water partition coefficient (Wildman–Crippen LogP) is 2.73. The van der Waals surface area contributed by atoms with Gasteiger partial charge in [0.1, 0.15) is 0 Å². The fourth-order valence-electron chi connectivity index (χ4n) is 1.88. The molecule has 1 heterocycles. The fourth-order valence-corrected chi connectivity index (χ4v) is 1.88. The molecule has 82 valence electrons. The van der Waals surface area contributed by atoms with Crippen LogP contribution in [-0.2, 0) is 0 Å². The highest BCUT2D eigenvalue weighted by Gasteiger charge is 2.22. The van der Waals surface area contributed by atoms with Gasteiger partial charge >= 0.3 is 0 Å². The molecule has 1 rings (SSSR count). The van der Waals surface area contributed by atoms with Crippen molar-refractivity contribution in [1.82, 2.24) is 9.80 Å². The van der Waals surface area contributed by atoms with Gasteiger partial charge in [0.25, 0.3) is 0 Å². The predicted molar refractivity (Wildman–Crippen MR) is 61.7 cm³/mol. The van der Waals surface area contributed by atoms with E-state index in [0.717, 1.165) is 24.9 Å².